The Morgan fingerprint density at radius 2 is 2.40 bits per heavy atom. The van der Waals surface area contributed by atoms with Gasteiger partial charge in [0.05, 0.1) is 5.57 Å². The monoisotopic (exact) mass is 208 g/mol. The van der Waals surface area contributed by atoms with Crippen molar-refractivity contribution in [1.29, 1.82) is 0 Å². The first-order valence-electron chi connectivity index (χ1n) is 5.61. The number of hydrogen-bond acceptors (Lipinski definition) is 2. The summed E-state index contributed by atoms with van der Waals surface area (Å²) in [4.78, 5) is 11.2. The van der Waals surface area contributed by atoms with Gasteiger partial charge in [-0.05, 0) is 12.8 Å². The molecule has 1 atom stereocenters. The lowest BCUT2D eigenvalue weighted by molar-refractivity contribution is -0.114. The Hall–Kier alpha value is -1.25. The van der Waals surface area contributed by atoms with Crippen molar-refractivity contribution in [2.75, 3.05) is 6.54 Å². The summed E-state index contributed by atoms with van der Waals surface area (Å²) in [7, 11) is 0. The Morgan fingerprint density at radius 3 is 3.00 bits per heavy atom. The van der Waals surface area contributed by atoms with Gasteiger partial charge in [0, 0.05) is 18.2 Å². The Labute approximate surface area is 91.4 Å². The van der Waals surface area contributed by atoms with Crippen molar-refractivity contribution in [3.63, 3.8) is 0 Å². The number of hydrogen-bond donors (Lipinski definition) is 2. The van der Waals surface area contributed by atoms with E-state index in [1.54, 1.807) is 0 Å². The Kier molecular flexibility index (Phi) is 4.40. The third kappa shape index (κ3) is 3.11. The van der Waals surface area contributed by atoms with Crippen LogP contribution in [0, 0.1) is 5.92 Å². The molecule has 0 aromatic carbocycles. The van der Waals surface area contributed by atoms with E-state index in [-0.39, 0.29) is 5.91 Å². The summed E-state index contributed by atoms with van der Waals surface area (Å²) in [6, 6.07) is 0. The maximum absolute atomic E-state index is 11.2. The third-order valence-corrected chi connectivity index (χ3v) is 2.67. The minimum atomic E-state index is -0.336. The highest BCUT2D eigenvalue weighted by Crippen LogP contribution is 2.22. The van der Waals surface area contributed by atoms with Gasteiger partial charge >= 0.3 is 0 Å². The molecule has 0 fully saturated rings. The predicted octanol–water partition coefficient (Wildman–Crippen LogP) is 1.71. The van der Waals surface area contributed by atoms with Gasteiger partial charge in [0.15, 0.2) is 0 Å². The largest absolute Gasteiger partial charge is 0.387 e. The molecule has 0 bridgehead atoms. The van der Waals surface area contributed by atoms with Crippen LogP contribution in [-0.2, 0) is 4.79 Å². The predicted molar refractivity (Wildman–Crippen MR) is 62.1 cm³/mol. The minimum absolute atomic E-state index is 0.336. The summed E-state index contributed by atoms with van der Waals surface area (Å²) in [5, 5.41) is 3.33. The van der Waals surface area contributed by atoms with Gasteiger partial charge in [-0.15, -0.1) is 0 Å². The average molecular weight is 208 g/mol. The summed E-state index contributed by atoms with van der Waals surface area (Å²) in [6.45, 7) is 5.18. The molecule has 0 saturated heterocycles. The fraction of sp³-hybridized carbons (Fsp3) is 0.583. The molecule has 1 rings (SSSR count). The minimum Gasteiger partial charge on any atom is -0.387 e. The van der Waals surface area contributed by atoms with Crippen LogP contribution >= 0.6 is 0 Å². The molecule has 3 heteroatoms. The summed E-state index contributed by atoms with van der Waals surface area (Å²) in [5.74, 6) is 0.0335. The fourth-order valence-corrected chi connectivity index (χ4v) is 1.75. The molecule has 0 aliphatic heterocycles. The van der Waals surface area contributed by atoms with Gasteiger partial charge in [0.1, 0.15) is 0 Å². The van der Waals surface area contributed by atoms with Gasteiger partial charge in [-0.3, -0.25) is 4.79 Å². The van der Waals surface area contributed by atoms with Crippen LogP contribution in [0.3, 0.4) is 0 Å². The first-order valence-corrected chi connectivity index (χ1v) is 5.61. The third-order valence-electron chi connectivity index (χ3n) is 2.67. The van der Waals surface area contributed by atoms with Crippen molar-refractivity contribution < 1.29 is 4.79 Å². The molecule has 0 spiro atoms. The second-order valence-corrected chi connectivity index (χ2v) is 4.01. The van der Waals surface area contributed by atoms with Crippen molar-refractivity contribution in [1.82, 2.24) is 5.32 Å². The quantitative estimate of drug-likeness (QED) is 0.676. The average Bonchev–Trinajstić information content (AvgIpc) is 2.20. The number of rotatable bonds is 5. The Bertz CT molecular complexity index is 292. The van der Waals surface area contributed by atoms with Crippen LogP contribution in [0.1, 0.15) is 33.1 Å². The zero-order chi connectivity index (χ0) is 11.3. The maximum Gasteiger partial charge on any atom is 0.250 e. The molecule has 1 amide bonds. The molecule has 15 heavy (non-hydrogen) atoms. The number of unbranched alkanes of at least 4 members (excludes halogenated alkanes) is 1. The van der Waals surface area contributed by atoms with E-state index in [9.17, 15) is 4.79 Å². The number of carbonyl (C=O) groups is 1. The molecule has 0 aromatic heterocycles. The molecule has 0 heterocycles. The first-order chi connectivity index (χ1) is 7.16. The highest BCUT2D eigenvalue weighted by Gasteiger charge is 2.18. The van der Waals surface area contributed by atoms with E-state index in [2.05, 4.69) is 19.2 Å². The molecule has 0 radical (unpaired) electrons. The van der Waals surface area contributed by atoms with Crippen LogP contribution in [0.15, 0.2) is 23.4 Å². The van der Waals surface area contributed by atoms with Gasteiger partial charge in [0.25, 0.3) is 0 Å². The molecule has 0 aromatic rings. The number of nitrogens with two attached hydrogens (primary N) is 1. The summed E-state index contributed by atoms with van der Waals surface area (Å²) in [5.41, 5.74) is 6.99. The van der Waals surface area contributed by atoms with Crippen LogP contribution in [0.5, 0.6) is 0 Å². The van der Waals surface area contributed by atoms with E-state index < -0.39 is 0 Å². The zero-order valence-electron chi connectivity index (χ0n) is 9.55. The summed E-state index contributed by atoms with van der Waals surface area (Å²) >= 11 is 0. The molecule has 0 saturated carbocycles. The van der Waals surface area contributed by atoms with Crippen LogP contribution in [0.25, 0.3) is 0 Å². The van der Waals surface area contributed by atoms with E-state index >= 15 is 0 Å². The second-order valence-electron chi connectivity index (χ2n) is 4.01. The SMILES string of the molecule is CCCCNC1=C(C(N)=O)C=CCC1C. The smallest absolute Gasteiger partial charge is 0.250 e. The zero-order valence-corrected chi connectivity index (χ0v) is 9.55. The van der Waals surface area contributed by atoms with E-state index in [1.165, 1.54) is 0 Å². The first kappa shape index (κ1) is 11.8. The molecular formula is C12H20N2O. The highest BCUT2D eigenvalue weighted by molar-refractivity contribution is 5.95. The van der Waals surface area contributed by atoms with Gasteiger partial charge < -0.3 is 11.1 Å². The van der Waals surface area contributed by atoms with Crippen molar-refractivity contribution in [3.05, 3.63) is 23.4 Å². The van der Waals surface area contributed by atoms with Crippen molar-refractivity contribution in [2.45, 2.75) is 33.1 Å². The normalized spacial score (nSPS) is 20.5. The van der Waals surface area contributed by atoms with Crippen molar-refractivity contribution in [3.8, 4) is 0 Å². The van der Waals surface area contributed by atoms with Crippen LogP contribution in [0.4, 0.5) is 0 Å². The van der Waals surface area contributed by atoms with E-state index in [0.29, 0.717) is 11.5 Å². The highest BCUT2D eigenvalue weighted by atomic mass is 16.1. The van der Waals surface area contributed by atoms with Gasteiger partial charge in [-0.1, -0.05) is 32.4 Å². The summed E-state index contributed by atoms with van der Waals surface area (Å²) < 4.78 is 0. The van der Waals surface area contributed by atoms with E-state index in [1.807, 2.05) is 12.2 Å². The molecule has 84 valence electrons. The van der Waals surface area contributed by atoms with Gasteiger partial charge in [-0.2, -0.15) is 0 Å². The number of amides is 1. The molecule has 1 aliphatic carbocycles. The number of nitrogens with one attached hydrogen (secondary N) is 1. The Balaban J connectivity index is 2.74. The molecule has 1 aliphatic rings. The molecule has 1 unspecified atom stereocenters. The van der Waals surface area contributed by atoms with E-state index in [0.717, 1.165) is 31.5 Å². The molecular weight excluding hydrogens is 188 g/mol. The number of carbonyl (C=O) groups excluding carboxylic acids is 1. The lowest BCUT2D eigenvalue weighted by Crippen LogP contribution is -2.28. The fourth-order valence-electron chi connectivity index (χ4n) is 1.75. The van der Waals surface area contributed by atoms with Gasteiger partial charge in [-0.25, -0.2) is 0 Å². The van der Waals surface area contributed by atoms with E-state index in [4.69, 9.17) is 5.73 Å². The topological polar surface area (TPSA) is 55.1 Å². The van der Waals surface area contributed by atoms with Crippen LogP contribution in [0.2, 0.25) is 0 Å². The van der Waals surface area contributed by atoms with Gasteiger partial charge in [0.2, 0.25) is 5.91 Å². The standard InChI is InChI=1S/C12H20N2O/c1-3-4-8-14-11-9(2)6-5-7-10(11)12(13)15/h5,7,9,14H,3-4,6,8H2,1-2H3,(H2,13,15). The Morgan fingerprint density at radius 1 is 1.67 bits per heavy atom. The lowest BCUT2D eigenvalue weighted by Gasteiger charge is -2.22. The maximum atomic E-state index is 11.2. The van der Waals surface area contributed by atoms with Crippen molar-refractivity contribution >= 4 is 5.91 Å². The number of allylic oxidation sites excluding steroid dienone is 2. The van der Waals surface area contributed by atoms with Crippen LogP contribution < -0.4 is 11.1 Å². The lowest BCUT2D eigenvalue weighted by atomic mass is 9.93. The molecule has 3 N–H and O–H groups in total. The summed E-state index contributed by atoms with van der Waals surface area (Å²) in [6.07, 6.45) is 7.08. The second kappa shape index (κ2) is 5.59. The van der Waals surface area contributed by atoms with Crippen molar-refractivity contribution in [2.24, 2.45) is 11.7 Å². The van der Waals surface area contributed by atoms with Crippen LogP contribution in [-0.4, -0.2) is 12.5 Å². The molecule has 3 nitrogen and oxygen atoms in total. The number of primary amides is 1.